The van der Waals surface area contributed by atoms with E-state index in [1.54, 1.807) is 12.1 Å². The molecule has 0 aliphatic carbocycles. The van der Waals surface area contributed by atoms with Crippen LogP contribution in [0.2, 0.25) is 0 Å². The number of aryl methyl sites for hydroxylation is 1. The number of anilines is 1. The van der Waals surface area contributed by atoms with E-state index in [1.807, 2.05) is 24.4 Å². The summed E-state index contributed by atoms with van der Waals surface area (Å²) in [5.74, 6) is -0.146. The minimum Gasteiger partial charge on any atom is -0.322 e. The summed E-state index contributed by atoms with van der Waals surface area (Å²) in [6.07, 6.45) is 0. The molecular formula is C13H9IN2OS. The molecule has 1 N–H and O–H groups in total. The summed E-state index contributed by atoms with van der Waals surface area (Å²) in [6.45, 7) is 1.90. The quantitative estimate of drug-likeness (QED) is 0.821. The number of rotatable bonds is 2. The topological polar surface area (TPSA) is 52.9 Å². The van der Waals surface area contributed by atoms with Crippen LogP contribution >= 0.6 is 33.9 Å². The third-order valence-electron chi connectivity index (χ3n) is 2.44. The first-order valence-electron chi connectivity index (χ1n) is 5.16. The Morgan fingerprint density at radius 2 is 2.22 bits per heavy atom. The maximum absolute atomic E-state index is 12.0. The minimum atomic E-state index is -0.146. The lowest BCUT2D eigenvalue weighted by Gasteiger charge is -2.07. The molecule has 1 amide bonds. The van der Waals surface area contributed by atoms with Crippen molar-refractivity contribution in [2.45, 2.75) is 6.92 Å². The largest absolute Gasteiger partial charge is 0.322 e. The zero-order valence-electron chi connectivity index (χ0n) is 9.53. The van der Waals surface area contributed by atoms with E-state index in [2.05, 4.69) is 34.0 Å². The predicted molar refractivity (Wildman–Crippen MR) is 80.9 cm³/mol. The molecule has 0 unspecified atom stereocenters. The van der Waals surface area contributed by atoms with E-state index in [4.69, 9.17) is 5.26 Å². The lowest BCUT2D eigenvalue weighted by molar-refractivity contribution is 0.102. The number of amides is 1. The van der Waals surface area contributed by atoms with Gasteiger partial charge in [0.05, 0.1) is 20.1 Å². The molecule has 3 nitrogen and oxygen atoms in total. The zero-order chi connectivity index (χ0) is 13.1. The highest BCUT2D eigenvalue weighted by atomic mass is 127. The number of nitrogens with one attached hydrogen (secondary N) is 1. The van der Waals surface area contributed by atoms with Crippen LogP contribution in [0.25, 0.3) is 0 Å². The molecule has 90 valence electrons. The van der Waals surface area contributed by atoms with Crippen LogP contribution in [-0.4, -0.2) is 5.91 Å². The van der Waals surface area contributed by atoms with Gasteiger partial charge in [0, 0.05) is 11.1 Å². The Hall–Kier alpha value is -1.39. The summed E-state index contributed by atoms with van der Waals surface area (Å²) in [6, 6.07) is 9.14. The van der Waals surface area contributed by atoms with Crippen molar-refractivity contribution in [3.8, 4) is 6.07 Å². The molecule has 0 atom stereocenters. The number of carbonyl (C=O) groups excluding carboxylic acids is 1. The molecule has 1 aromatic carbocycles. The van der Waals surface area contributed by atoms with Gasteiger partial charge in [-0.3, -0.25) is 4.79 Å². The third-order valence-corrected chi connectivity index (χ3v) is 4.23. The van der Waals surface area contributed by atoms with Crippen molar-refractivity contribution in [3.63, 3.8) is 0 Å². The molecule has 0 spiro atoms. The predicted octanol–water partition coefficient (Wildman–Crippen LogP) is 3.79. The van der Waals surface area contributed by atoms with Gasteiger partial charge in [0.25, 0.3) is 5.91 Å². The summed E-state index contributed by atoms with van der Waals surface area (Å²) in [5, 5.41) is 13.5. The average Bonchev–Trinajstić information content (AvgIpc) is 2.79. The Bertz CT molecular complexity index is 643. The van der Waals surface area contributed by atoms with Crippen molar-refractivity contribution in [1.29, 1.82) is 5.26 Å². The fourth-order valence-electron chi connectivity index (χ4n) is 1.45. The van der Waals surface area contributed by atoms with Crippen LogP contribution in [0.5, 0.6) is 0 Å². The van der Waals surface area contributed by atoms with Crippen LogP contribution in [0.3, 0.4) is 0 Å². The second kappa shape index (κ2) is 5.50. The van der Waals surface area contributed by atoms with E-state index in [0.29, 0.717) is 16.8 Å². The molecule has 0 aliphatic heterocycles. The fraction of sp³-hybridized carbons (Fsp3) is 0.0769. The first kappa shape index (κ1) is 13.1. The Labute approximate surface area is 123 Å². The second-order valence-electron chi connectivity index (χ2n) is 3.74. The van der Waals surface area contributed by atoms with Gasteiger partial charge >= 0.3 is 0 Å². The van der Waals surface area contributed by atoms with Crippen LogP contribution in [0.15, 0.2) is 29.6 Å². The summed E-state index contributed by atoms with van der Waals surface area (Å²) in [5.41, 5.74) is 2.80. The van der Waals surface area contributed by atoms with E-state index in [1.165, 1.54) is 11.3 Å². The third kappa shape index (κ3) is 2.89. The number of nitriles is 1. The Morgan fingerprint density at radius 1 is 1.44 bits per heavy atom. The minimum absolute atomic E-state index is 0.146. The highest BCUT2D eigenvalue weighted by Crippen LogP contribution is 2.20. The second-order valence-corrected chi connectivity index (χ2v) is 6.54. The Balaban J connectivity index is 2.24. The van der Waals surface area contributed by atoms with Gasteiger partial charge in [-0.25, -0.2) is 0 Å². The average molecular weight is 368 g/mol. The standard InChI is InChI=1S/C13H9IN2OS/c1-8-2-3-9(6-15)4-11(8)16-13(17)10-5-12(14)18-7-10/h2-5,7H,1H3,(H,16,17). The van der Waals surface area contributed by atoms with Gasteiger partial charge in [-0.1, -0.05) is 6.07 Å². The van der Waals surface area contributed by atoms with Crippen molar-refractivity contribution in [2.75, 3.05) is 5.32 Å². The van der Waals surface area contributed by atoms with Gasteiger partial charge in [-0.05, 0) is 53.3 Å². The first-order chi connectivity index (χ1) is 8.60. The molecular weight excluding hydrogens is 359 g/mol. The molecule has 2 aromatic rings. The maximum atomic E-state index is 12.0. The molecule has 0 saturated heterocycles. The van der Waals surface area contributed by atoms with Gasteiger partial charge in [-0.2, -0.15) is 5.26 Å². The molecule has 0 radical (unpaired) electrons. The van der Waals surface area contributed by atoms with Crippen molar-refractivity contribution in [2.24, 2.45) is 0 Å². The molecule has 5 heteroatoms. The lowest BCUT2D eigenvalue weighted by atomic mass is 10.1. The van der Waals surface area contributed by atoms with Crippen molar-refractivity contribution in [1.82, 2.24) is 0 Å². The van der Waals surface area contributed by atoms with Gasteiger partial charge in [0.15, 0.2) is 0 Å². The van der Waals surface area contributed by atoms with E-state index in [9.17, 15) is 4.79 Å². The van der Waals surface area contributed by atoms with Crippen molar-refractivity contribution >= 4 is 45.5 Å². The molecule has 0 aliphatic rings. The van der Waals surface area contributed by atoms with Gasteiger partial charge in [0.1, 0.15) is 0 Å². The molecule has 0 saturated carbocycles. The summed E-state index contributed by atoms with van der Waals surface area (Å²) in [4.78, 5) is 12.0. The lowest BCUT2D eigenvalue weighted by Crippen LogP contribution is -2.11. The van der Waals surface area contributed by atoms with Crippen LogP contribution in [0.1, 0.15) is 21.5 Å². The molecule has 2 rings (SSSR count). The summed E-state index contributed by atoms with van der Waals surface area (Å²) < 4.78 is 1.07. The van der Waals surface area contributed by atoms with E-state index in [0.717, 1.165) is 8.45 Å². The highest BCUT2D eigenvalue weighted by molar-refractivity contribution is 14.1. The molecule has 1 heterocycles. The van der Waals surface area contributed by atoms with Gasteiger partial charge in [0.2, 0.25) is 0 Å². The normalized spacial score (nSPS) is 9.83. The monoisotopic (exact) mass is 368 g/mol. The first-order valence-corrected chi connectivity index (χ1v) is 7.12. The number of carbonyl (C=O) groups is 1. The summed E-state index contributed by atoms with van der Waals surface area (Å²) >= 11 is 3.71. The Kier molecular flexibility index (Phi) is 3.99. The summed E-state index contributed by atoms with van der Waals surface area (Å²) in [7, 11) is 0. The van der Waals surface area contributed by atoms with Gasteiger partial charge < -0.3 is 5.32 Å². The fourth-order valence-corrected chi connectivity index (χ4v) is 2.78. The van der Waals surface area contributed by atoms with E-state index >= 15 is 0 Å². The number of nitrogens with zero attached hydrogens (tertiary/aromatic N) is 1. The SMILES string of the molecule is Cc1ccc(C#N)cc1NC(=O)c1csc(I)c1. The molecule has 0 bridgehead atoms. The van der Waals surface area contributed by atoms with Crippen LogP contribution < -0.4 is 5.32 Å². The van der Waals surface area contributed by atoms with E-state index in [-0.39, 0.29) is 5.91 Å². The van der Waals surface area contributed by atoms with Gasteiger partial charge in [-0.15, -0.1) is 11.3 Å². The number of hydrogen-bond donors (Lipinski definition) is 1. The van der Waals surface area contributed by atoms with E-state index < -0.39 is 0 Å². The van der Waals surface area contributed by atoms with Crippen LogP contribution in [-0.2, 0) is 0 Å². The smallest absolute Gasteiger partial charge is 0.256 e. The number of thiophene rings is 1. The highest BCUT2D eigenvalue weighted by Gasteiger charge is 2.10. The number of hydrogen-bond acceptors (Lipinski definition) is 3. The zero-order valence-corrected chi connectivity index (χ0v) is 12.5. The van der Waals surface area contributed by atoms with Crippen molar-refractivity contribution < 1.29 is 4.79 Å². The van der Waals surface area contributed by atoms with Crippen LogP contribution in [0, 0.1) is 21.1 Å². The van der Waals surface area contributed by atoms with Crippen molar-refractivity contribution in [3.05, 3.63) is 49.2 Å². The molecule has 1 aromatic heterocycles. The maximum Gasteiger partial charge on any atom is 0.256 e. The number of halogens is 1. The molecule has 0 fully saturated rings. The Morgan fingerprint density at radius 3 is 2.83 bits per heavy atom. The van der Waals surface area contributed by atoms with Crippen LogP contribution in [0.4, 0.5) is 5.69 Å². The molecule has 18 heavy (non-hydrogen) atoms. The number of benzene rings is 1.